The Labute approximate surface area is 106 Å². The van der Waals surface area contributed by atoms with Crippen molar-refractivity contribution in [3.8, 4) is 0 Å². The fourth-order valence-corrected chi connectivity index (χ4v) is 2.45. The van der Waals surface area contributed by atoms with E-state index in [1.54, 1.807) is 25.1 Å². The first-order chi connectivity index (χ1) is 8.23. The number of rotatable bonds is 4. The number of alkyl halides is 3. The van der Waals surface area contributed by atoms with Crippen molar-refractivity contribution >= 4 is 23.4 Å². The molecule has 1 aromatic rings. The maximum atomic E-state index is 12.4. The quantitative estimate of drug-likeness (QED) is 0.657. The first kappa shape index (κ1) is 14.7. The largest absolute Gasteiger partial charge is 0.481 e. The molecule has 0 bridgehead atoms. The molecule has 0 saturated heterocycles. The maximum Gasteiger partial charge on any atom is 0.403 e. The molecule has 1 rings (SSSR count). The zero-order chi connectivity index (χ0) is 13.9. The van der Waals surface area contributed by atoms with Gasteiger partial charge in [-0.05, 0) is 24.6 Å². The molecule has 3 N–H and O–H groups in total. The SMILES string of the molecule is Cc1c(N)cccc1SCC(C(=O)O)C(F)(F)F. The van der Waals surface area contributed by atoms with E-state index in [-0.39, 0.29) is 0 Å². The molecular formula is C11H12F3NO2S. The molecule has 18 heavy (non-hydrogen) atoms. The average molecular weight is 279 g/mol. The molecule has 100 valence electrons. The van der Waals surface area contributed by atoms with E-state index in [4.69, 9.17) is 10.8 Å². The van der Waals surface area contributed by atoms with Gasteiger partial charge in [0.1, 0.15) is 0 Å². The number of nitrogens with two attached hydrogens (primary N) is 1. The zero-order valence-electron chi connectivity index (χ0n) is 9.49. The van der Waals surface area contributed by atoms with Gasteiger partial charge in [-0.25, -0.2) is 0 Å². The Morgan fingerprint density at radius 1 is 1.50 bits per heavy atom. The maximum absolute atomic E-state index is 12.4. The smallest absolute Gasteiger partial charge is 0.403 e. The molecule has 0 aliphatic carbocycles. The Morgan fingerprint density at radius 3 is 2.61 bits per heavy atom. The summed E-state index contributed by atoms with van der Waals surface area (Å²) in [5.41, 5.74) is 6.75. The monoisotopic (exact) mass is 279 g/mol. The molecule has 0 heterocycles. The summed E-state index contributed by atoms with van der Waals surface area (Å²) in [4.78, 5) is 11.1. The number of carboxylic acid groups (broad SMARTS) is 1. The number of aliphatic carboxylic acids is 1. The molecule has 0 fully saturated rings. The van der Waals surface area contributed by atoms with Crippen molar-refractivity contribution in [3.05, 3.63) is 23.8 Å². The van der Waals surface area contributed by atoms with Crippen molar-refractivity contribution in [3.63, 3.8) is 0 Å². The second-order valence-corrected chi connectivity index (χ2v) is 4.78. The summed E-state index contributed by atoms with van der Waals surface area (Å²) in [6.07, 6.45) is -4.74. The second-order valence-electron chi connectivity index (χ2n) is 3.71. The summed E-state index contributed by atoms with van der Waals surface area (Å²) in [5, 5.41) is 8.55. The lowest BCUT2D eigenvalue weighted by molar-refractivity contribution is -0.188. The lowest BCUT2D eigenvalue weighted by Gasteiger charge is -2.16. The van der Waals surface area contributed by atoms with Gasteiger partial charge in [0.2, 0.25) is 0 Å². The van der Waals surface area contributed by atoms with Gasteiger partial charge in [-0.15, -0.1) is 11.8 Å². The summed E-state index contributed by atoms with van der Waals surface area (Å²) in [5.74, 6) is -4.80. The van der Waals surface area contributed by atoms with Gasteiger partial charge >= 0.3 is 12.1 Å². The van der Waals surface area contributed by atoms with E-state index < -0.39 is 23.8 Å². The number of anilines is 1. The molecule has 0 saturated carbocycles. The molecule has 1 unspecified atom stereocenters. The summed E-state index contributed by atoms with van der Waals surface area (Å²) in [7, 11) is 0. The minimum atomic E-state index is -4.74. The van der Waals surface area contributed by atoms with E-state index >= 15 is 0 Å². The van der Waals surface area contributed by atoms with Gasteiger partial charge in [0.25, 0.3) is 0 Å². The Kier molecular flexibility index (Phi) is 4.50. The van der Waals surface area contributed by atoms with Crippen molar-refractivity contribution in [2.45, 2.75) is 18.0 Å². The van der Waals surface area contributed by atoms with E-state index in [9.17, 15) is 18.0 Å². The highest BCUT2D eigenvalue weighted by atomic mass is 32.2. The van der Waals surface area contributed by atoms with Crippen molar-refractivity contribution in [1.82, 2.24) is 0 Å². The minimum Gasteiger partial charge on any atom is -0.481 e. The number of hydrogen-bond donors (Lipinski definition) is 2. The Balaban J connectivity index is 2.80. The third-order valence-electron chi connectivity index (χ3n) is 2.42. The number of nitrogen functional groups attached to an aromatic ring is 1. The standard InChI is InChI=1S/C11H12F3NO2S/c1-6-8(15)3-2-4-9(6)18-5-7(10(16)17)11(12,13)14/h2-4,7H,5,15H2,1H3,(H,16,17). The molecule has 0 aromatic heterocycles. The molecule has 3 nitrogen and oxygen atoms in total. The number of carboxylic acids is 1. The molecule has 7 heteroatoms. The number of carbonyl (C=O) groups is 1. The van der Waals surface area contributed by atoms with Crippen LogP contribution in [-0.4, -0.2) is 23.0 Å². The van der Waals surface area contributed by atoms with Crippen LogP contribution in [0.4, 0.5) is 18.9 Å². The van der Waals surface area contributed by atoms with Crippen molar-refractivity contribution < 1.29 is 23.1 Å². The van der Waals surface area contributed by atoms with E-state index in [1.807, 2.05) is 0 Å². The van der Waals surface area contributed by atoms with Crippen LogP contribution >= 0.6 is 11.8 Å². The summed E-state index contributed by atoms with van der Waals surface area (Å²) in [6, 6.07) is 4.87. The van der Waals surface area contributed by atoms with Crippen LogP contribution in [-0.2, 0) is 4.79 Å². The molecule has 0 spiro atoms. The van der Waals surface area contributed by atoms with Gasteiger partial charge in [-0.1, -0.05) is 6.07 Å². The highest BCUT2D eigenvalue weighted by Crippen LogP contribution is 2.34. The molecule has 1 aromatic carbocycles. The van der Waals surface area contributed by atoms with Crippen molar-refractivity contribution in [1.29, 1.82) is 0 Å². The topological polar surface area (TPSA) is 63.3 Å². The summed E-state index contributed by atoms with van der Waals surface area (Å²) in [6.45, 7) is 1.68. The van der Waals surface area contributed by atoms with Gasteiger partial charge < -0.3 is 10.8 Å². The first-order valence-corrected chi connectivity index (χ1v) is 5.99. The zero-order valence-corrected chi connectivity index (χ0v) is 10.3. The minimum absolute atomic E-state index is 0.471. The molecule has 0 aliphatic heterocycles. The predicted octanol–water partition coefficient (Wildman–Crippen LogP) is 2.93. The number of thioether (sulfide) groups is 1. The van der Waals surface area contributed by atoms with Crippen LogP contribution in [0.15, 0.2) is 23.1 Å². The Bertz CT molecular complexity index is 448. The van der Waals surface area contributed by atoms with Crippen LogP contribution in [0, 0.1) is 12.8 Å². The summed E-state index contributed by atoms with van der Waals surface area (Å²) < 4.78 is 37.3. The number of halogens is 3. The van der Waals surface area contributed by atoms with E-state index in [0.717, 1.165) is 11.8 Å². The molecule has 0 radical (unpaired) electrons. The fourth-order valence-electron chi connectivity index (χ4n) is 1.27. The van der Waals surface area contributed by atoms with E-state index in [0.29, 0.717) is 16.1 Å². The molecule has 0 aliphatic rings. The van der Waals surface area contributed by atoms with Gasteiger partial charge in [0.05, 0.1) is 0 Å². The van der Waals surface area contributed by atoms with Crippen LogP contribution in [0.5, 0.6) is 0 Å². The van der Waals surface area contributed by atoms with Crippen molar-refractivity contribution in [2.24, 2.45) is 5.92 Å². The number of benzene rings is 1. The van der Waals surface area contributed by atoms with Gasteiger partial charge in [-0.3, -0.25) is 4.79 Å². The summed E-state index contributed by atoms with van der Waals surface area (Å²) >= 11 is 0.844. The first-order valence-electron chi connectivity index (χ1n) is 5.01. The predicted molar refractivity (Wildman–Crippen MR) is 63.5 cm³/mol. The lowest BCUT2D eigenvalue weighted by atomic mass is 10.2. The highest BCUT2D eigenvalue weighted by molar-refractivity contribution is 7.99. The van der Waals surface area contributed by atoms with E-state index in [2.05, 4.69) is 0 Å². The van der Waals surface area contributed by atoms with E-state index in [1.165, 1.54) is 0 Å². The third-order valence-corrected chi connectivity index (χ3v) is 3.68. The van der Waals surface area contributed by atoms with Gasteiger partial charge in [-0.2, -0.15) is 13.2 Å². The van der Waals surface area contributed by atoms with Crippen LogP contribution in [0.2, 0.25) is 0 Å². The molecular weight excluding hydrogens is 267 g/mol. The highest BCUT2D eigenvalue weighted by Gasteiger charge is 2.44. The normalized spacial score (nSPS) is 13.3. The van der Waals surface area contributed by atoms with Crippen LogP contribution < -0.4 is 5.73 Å². The number of hydrogen-bond acceptors (Lipinski definition) is 3. The lowest BCUT2D eigenvalue weighted by Crippen LogP contribution is -2.32. The van der Waals surface area contributed by atoms with Crippen LogP contribution in [0.25, 0.3) is 0 Å². The Hall–Kier alpha value is -1.37. The Morgan fingerprint density at radius 2 is 2.11 bits per heavy atom. The van der Waals surface area contributed by atoms with Gasteiger partial charge in [0.15, 0.2) is 5.92 Å². The third kappa shape index (κ3) is 3.56. The van der Waals surface area contributed by atoms with Gasteiger partial charge in [0, 0.05) is 16.3 Å². The average Bonchev–Trinajstić information content (AvgIpc) is 2.22. The molecule has 0 amide bonds. The fraction of sp³-hybridized carbons (Fsp3) is 0.364. The second kappa shape index (κ2) is 5.51. The van der Waals surface area contributed by atoms with Crippen LogP contribution in [0.3, 0.4) is 0 Å². The molecule has 1 atom stereocenters. The van der Waals surface area contributed by atoms with Crippen molar-refractivity contribution in [2.75, 3.05) is 11.5 Å². The van der Waals surface area contributed by atoms with Crippen LogP contribution in [0.1, 0.15) is 5.56 Å².